The summed E-state index contributed by atoms with van der Waals surface area (Å²) >= 11 is 1.42. The fourth-order valence-electron chi connectivity index (χ4n) is 2.18. The third-order valence-corrected chi connectivity index (χ3v) is 4.05. The van der Waals surface area contributed by atoms with Gasteiger partial charge in [-0.2, -0.15) is 0 Å². The van der Waals surface area contributed by atoms with E-state index in [1.807, 2.05) is 24.3 Å². The lowest BCUT2D eigenvalue weighted by Crippen LogP contribution is -2.05. The van der Waals surface area contributed by atoms with Crippen LogP contribution in [0.2, 0.25) is 0 Å². The Kier molecular flexibility index (Phi) is 5.44. The number of hydrogen-bond acceptors (Lipinski definition) is 7. The van der Waals surface area contributed by atoms with Crippen LogP contribution in [-0.2, 0) is 17.0 Å². The molecule has 1 amide bonds. The maximum atomic E-state index is 11.2. The fraction of sp³-hybridized carbons (Fsp3) is 0.312. The topological polar surface area (TPSA) is 110 Å². The zero-order chi connectivity index (χ0) is 17.6. The van der Waals surface area contributed by atoms with Crippen LogP contribution in [0.3, 0.4) is 0 Å². The molecule has 0 fully saturated rings. The van der Waals surface area contributed by atoms with Crippen molar-refractivity contribution in [2.45, 2.75) is 37.6 Å². The second-order valence-electron chi connectivity index (χ2n) is 5.36. The molecule has 0 saturated carbocycles. The van der Waals surface area contributed by atoms with E-state index in [2.05, 4.69) is 37.6 Å². The standard InChI is InChI=1S/C16H18N6O2S/c1-3-5-13-19-20-14(24-13)9-25-16-18-15(21-22-16)11-6-4-7-12(8-11)17-10(2)23/h4,6-8H,3,5,9H2,1-2H3,(H,17,23)(H,18,21,22). The third kappa shape index (κ3) is 4.66. The summed E-state index contributed by atoms with van der Waals surface area (Å²) in [6.07, 6.45) is 1.75. The Hall–Kier alpha value is -2.68. The minimum absolute atomic E-state index is 0.118. The molecule has 3 rings (SSSR count). The van der Waals surface area contributed by atoms with Crippen LogP contribution in [0.25, 0.3) is 11.4 Å². The largest absolute Gasteiger partial charge is 0.424 e. The number of anilines is 1. The number of benzene rings is 1. The van der Waals surface area contributed by atoms with Crippen molar-refractivity contribution in [3.63, 3.8) is 0 Å². The molecule has 8 nitrogen and oxygen atoms in total. The molecule has 1 aromatic carbocycles. The van der Waals surface area contributed by atoms with Crippen LogP contribution in [0.5, 0.6) is 0 Å². The van der Waals surface area contributed by atoms with Crippen LogP contribution in [-0.4, -0.2) is 31.3 Å². The van der Waals surface area contributed by atoms with E-state index >= 15 is 0 Å². The van der Waals surface area contributed by atoms with Gasteiger partial charge < -0.3 is 9.73 Å². The number of H-pyrrole nitrogens is 1. The summed E-state index contributed by atoms with van der Waals surface area (Å²) in [5.41, 5.74) is 1.55. The van der Waals surface area contributed by atoms with E-state index in [0.29, 0.717) is 34.2 Å². The van der Waals surface area contributed by atoms with Gasteiger partial charge in [0.2, 0.25) is 22.8 Å². The summed E-state index contributed by atoms with van der Waals surface area (Å²) in [6.45, 7) is 3.54. The smallest absolute Gasteiger partial charge is 0.226 e. The Morgan fingerprint density at radius 1 is 1.32 bits per heavy atom. The summed E-state index contributed by atoms with van der Waals surface area (Å²) in [6, 6.07) is 7.41. The van der Waals surface area contributed by atoms with Crippen LogP contribution in [0.4, 0.5) is 5.69 Å². The molecular formula is C16H18N6O2S. The lowest BCUT2D eigenvalue weighted by atomic mass is 10.2. The lowest BCUT2D eigenvalue weighted by Gasteiger charge is -2.03. The van der Waals surface area contributed by atoms with Crippen molar-refractivity contribution in [3.05, 3.63) is 36.0 Å². The van der Waals surface area contributed by atoms with Gasteiger partial charge in [-0.25, -0.2) is 4.98 Å². The Morgan fingerprint density at radius 2 is 2.16 bits per heavy atom. The fourth-order valence-corrected chi connectivity index (χ4v) is 2.81. The molecule has 0 bridgehead atoms. The number of hydrogen-bond donors (Lipinski definition) is 2. The minimum Gasteiger partial charge on any atom is -0.424 e. The number of rotatable bonds is 7. The Balaban J connectivity index is 1.64. The number of carbonyl (C=O) groups excluding carboxylic acids is 1. The van der Waals surface area contributed by atoms with Crippen molar-refractivity contribution in [3.8, 4) is 11.4 Å². The minimum atomic E-state index is -0.118. The molecule has 0 aliphatic carbocycles. The predicted molar refractivity (Wildman–Crippen MR) is 94.0 cm³/mol. The van der Waals surface area contributed by atoms with Crippen molar-refractivity contribution in [2.75, 3.05) is 5.32 Å². The van der Waals surface area contributed by atoms with Crippen LogP contribution in [0, 0.1) is 0 Å². The van der Waals surface area contributed by atoms with E-state index in [1.54, 1.807) is 0 Å². The van der Waals surface area contributed by atoms with E-state index in [4.69, 9.17) is 4.42 Å². The molecule has 0 spiro atoms. The van der Waals surface area contributed by atoms with Crippen molar-refractivity contribution in [1.82, 2.24) is 25.4 Å². The molecule has 25 heavy (non-hydrogen) atoms. The average molecular weight is 358 g/mol. The number of aromatic nitrogens is 5. The molecule has 2 heterocycles. The Morgan fingerprint density at radius 3 is 2.96 bits per heavy atom. The molecule has 2 aromatic heterocycles. The van der Waals surface area contributed by atoms with E-state index < -0.39 is 0 Å². The van der Waals surface area contributed by atoms with Gasteiger partial charge in [0.15, 0.2) is 5.82 Å². The first-order chi connectivity index (χ1) is 12.1. The van der Waals surface area contributed by atoms with Crippen LogP contribution >= 0.6 is 11.8 Å². The van der Waals surface area contributed by atoms with Gasteiger partial charge in [0.1, 0.15) is 0 Å². The SMILES string of the molecule is CCCc1nnc(CSc2n[nH]c(-c3cccc(NC(C)=O)c3)n2)o1. The van der Waals surface area contributed by atoms with E-state index in [-0.39, 0.29) is 5.91 Å². The highest BCUT2D eigenvalue weighted by Crippen LogP contribution is 2.23. The molecule has 0 unspecified atom stereocenters. The second kappa shape index (κ2) is 7.93. The maximum Gasteiger partial charge on any atom is 0.226 e. The zero-order valence-corrected chi connectivity index (χ0v) is 14.8. The van der Waals surface area contributed by atoms with E-state index in [1.165, 1.54) is 18.7 Å². The van der Waals surface area contributed by atoms with Gasteiger partial charge >= 0.3 is 0 Å². The zero-order valence-electron chi connectivity index (χ0n) is 13.9. The predicted octanol–water partition coefficient (Wildman–Crippen LogP) is 3.06. The monoisotopic (exact) mass is 358 g/mol. The number of thioether (sulfide) groups is 1. The number of aryl methyl sites for hydroxylation is 1. The summed E-state index contributed by atoms with van der Waals surface area (Å²) in [5.74, 6) is 2.25. The Bertz CT molecular complexity index is 860. The highest BCUT2D eigenvalue weighted by Gasteiger charge is 2.10. The van der Waals surface area contributed by atoms with Gasteiger partial charge in [0, 0.05) is 24.6 Å². The number of nitrogens with zero attached hydrogens (tertiary/aromatic N) is 4. The molecule has 0 aliphatic heterocycles. The first-order valence-corrected chi connectivity index (χ1v) is 8.87. The first kappa shape index (κ1) is 17.2. The normalized spacial score (nSPS) is 10.8. The first-order valence-electron chi connectivity index (χ1n) is 7.88. The number of aromatic amines is 1. The molecule has 3 aromatic rings. The number of carbonyl (C=O) groups is 1. The summed E-state index contributed by atoms with van der Waals surface area (Å²) in [4.78, 5) is 15.6. The molecule has 0 atom stereocenters. The maximum absolute atomic E-state index is 11.2. The van der Waals surface area contributed by atoms with Crippen LogP contribution < -0.4 is 5.32 Å². The molecule has 130 valence electrons. The van der Waals surface area contributed by atoms with Crippen LogP contribution in [0.1, 0.15) is 32.0 Å². The third-order valence-electron chi connectivity index (χ3n) is 3.22. The van der Waals surface area contributed by atoms with Gasteiger partial charge in [-0.15, -0.1) is 15.3 Å². The quantitative estimate of drug-likeness (QED) is 0.625. The highest BCUT2D eigenvalue weighted by molar-refractivity contribution is 7.98. The highest BCUT2D eigenvalue weighted by atomic mass is 32.2. The molecule has 9 heteroatoms. The summed E-state index contributed by atoms with van der Waals surface area (Å²) < 4.78 is 5.54. The summed E-state index contributed by atoms with van der Waals surface area (Å²) in [5, 5.41) is 18.4. The van der Waals surface area contributed by atoms with Gasteiger partial charge in [-0.1, -0.05) is 30.8 Å². The van der Waals surface area contributed by atoms with E-state index in [0.717, 1.165) is 18.4 Å². The van der Waals surface area contributed by atoms with Crippen molar-refractivity contribution < 1.29 is 9.21 Å². The lowest BCUT2D eigenvalue weighted by molar-refractivity contribution is -0.114. The van der Waals surface area contributed by atoms with E-state index in [9.17, 15) is 4.79 Å². The summed E-state index contributed by atoms with van der Waals surface area (Å²) in [7, 11) is 0. The molecule has 0 aliphatic rings. The number of amides is 1. The molecular weight excluding hydrogens is 340 g/mol. The van der Waals surface area contributed by atoms with Crippen LogP contribution in [0.15, 0.2) is 33.8 Å². The van der Waals surface area contributed by atoms with Gasteiger partial charge in [0.25, 0.3) is 0 Å². The molecule has 0 radical (unpaired) electrons. The second-order valence-corrected chi connectivity index (χ2v) is 6.30. The number of nitrogens with one attached hydrogen (secondary N) is 2. The Labute approximate surface area is 148 Å². The van der Waals surface area contributed by atoms with Crippen molar-refractivity contribution in [1.29, 1.82) is 0 Å². The van der Waals surface area contributed by atoms with Crippen molar-refractivity contribution in [2.24, 2.45) is 0 Å². The molecule has 2 N–H and O–H groups in total. The van der Waals surface area contributed by atoms with Gasteiger partial charge in [0.05, 0.1) is 5.75 Å². The average Bonchev–Trinajstić information content (AvgIpc) is 3.22. The van der Waals surface area contributed by atoms with Gasteiger partial charge in [-0.05, 0) is 18.6 Å². The molecule has 0 saturated heterocycles. The van der Waals surface area contributed by atoms with Gasteiger partial charge in [-0.3, -0.25) is 9.89 Å². The van der Waals surface area contributed by atoms with Crippen molar-refractivity contribution >= 4 is 23.4 Å².